The number of amides is 2. The molecule has 1 aromatic carbocycles. The van der Waals surface area contributed by atoms with Gasteiger partial charge >= 0.3 is 0 Å². The van der Waals surface area contributed by atoms with Crippen LogP contribution in [0.2, 0.25) is 0 Å². The highest BCUT2D eigenvalue weighted by Crippen LogP contribution is 2.31. The molecular formula is C18H24N2O3S. The quantitative estimate of drug-likeness (QED) is 0.838. The first-order valence-electron chi connectivity index (χ1n) is 8.44. The average molecular weight is 348 g/mol. The van der Waals surface area contributed by atoms with Crippen LogP contribution in [0.3, 0.4) is 0 Å². The molecule has 2 amide bonds. The molecule has 1 aromatic rings. The van der Waals surface area contributed by atoms with Crippen molar-refractivity contribution in [3.8, 4) is 5.75 Å². The Bertz CT molecular complexity index is 605. The molecular weight excluding hydrogens is 324 g/mol. The largest absolute Gasteiger partial charge is 0.497 e. The van der Waals surface area contributed by atoms with E-state index in [1.54, 1.807) is 23.8 Å². The molecule has 0 aromatic heterocycles. The molecule has 0 N–H and O–H groups in total. The monoisotopic (exact) mass is 348 g/mol. The number of hydrogen-bond donors (Lipinski definition) is 0. The molecule has 2 atom stereocenters. The molecule has 0 aliphatic carbocycles. The maximum Gasteiger partial charge on any atom is 0.246 e. The molecule has 2 aliphatic rings. The standard InChI is InChI=1S/C18H24N2O3S/c1-3-17(21)20-12-24-11-16(20)18(22)19-9-8-14(10-19)13-4-6-15(23-2)7-5-13/h4-7,14,16H,3,8-12H2,1-2H3/t14-,16+/m0/s1. The van der Waals surface area contributed by atoms with Crippen LogP contribution in [0.4, 0.5) is 0 Å². The van der Waals surface area contributed by atoms with Gasteiger partial charge in [-0.1, -0.05) is 19.1 Å². The van der Waals surface area contributed by atoms with E-state index in [0.717, 1.165) is 25.3 Å². The molecule has 6 heteroatoms. The highest BCUT2D eigenvalue weighted by Gasteiger charge is 2.38. The number of rotatable bonds is 4. The van der Waals surface area contributed by atoms with Crippen molar-refractivity contribution in [2.75, 3.05) is 31.8 Å². The number of carbonyl (C=O) groups is 2. The minimum Gasteiger partial charge on any atom is -0.497 e. The second-order valence-corrected chi connectivity index (χ2v) is 7.28. The lowest BCUT2D eigenvalue weighted by atomic mass is 9.98. The maximum absolute atomic E-state index is 12.9. The van der Waals surface area contributed by atoms with Crippen molar-refractivity contribution in [1.82, 2.24) is 9.80 Å². The van der Waals surface area contributed by atoms with Crippen molar-refractivity contribution >= 4 is 23.6 Å². The molecule has 130 valence electrons. The van der Waals surface area contributed by atoms with Gasteiger partial charge in [0.2, 0.25) is 11.8 Å². The van der Waals surface area contributed by atoms with Gasteiger partial charge in [0.25, 0.3) is 0 Å². The van der Waals surface area contributed by atoms with Gasteiger partial charge in [0, 0.05) is 31.2 Å². The van der Waals surface area contributed by atoms with Crippen LogP contribution in [0.25, 0.3) is 0 Å². The molecule has 2 saturated heterocycles. The van der Waals surface area contributed by atoms with E-state index in [9.17, 15) is 9.59 Å². The van der Waals surface area contributed by atoms with Crippen molar-refractivity contribution in [2.24, 2.45) is 0 Å². The minimum absolute atomic E-state index is 0.0734. The smallest absolute Gasteiger partial charge is 0.246 e. The first-order chi connectivity index (χ1) is 11.6. The minimum atomic E-state index is -0.280. The van der Waals surface area contributed by atoms with Crippen LogP contribution in [0.1, 0.15) is 31.2 Å². The van der Waals surface area contributed by atoms with Gasteiger partial charge < -0.3 is 14.5 Å². The van der Waals surface area contributed by atoms with E-state index < -0.39 is 0 Å². The van der Waals surface area contributed by atoms with Crippen LogP contribution >= 0.6 is 11.8 Å². The fourth-order valence-corrected chi connectivity index (χ4v) is 4.59. The van der Waals surface area contributed by atoms with E-state index in [2.05, 4.69) is 12.1 Å². The number of methoxy groups -OCH3 is 1. The number of carbonyl (C=O) groups excluding carboxylic acids is 2. The summed E-state index contributed by atoms with van der Waals surface area (Å²) in [6.07, 6.45) is 1.43. The maximum atomic E-state index is 12.9. The molecule has 2 aliphatic heterocycles. The molecule has 0 saturated carbocycles. The SMILES string of the molecule is CCC(=O)N1CSC[C@@H]1C(=O)N1CC[C@H](c2ccc(OC)cc2)C1. The van der Waals surface area contributed by atoms with Gasteiger partial charge in [0.1, 0.15) is 11.8 Å². The van der Waals surface area contributed by atoms with Gasteiger partial charge in [0.15, 0.2) is 0 Å². The summed E-state index contributed by atoms with van der Waals surface area (Å²) in [6.45, 7) is 3.35. The van der Waals surface area contributed by atoms with Gasteiger partial charge in [0.05, 0.1) is 13.0 Å². The van der Waals surface area contributed by atoms with E-state index in [4.69, 9.17) is 4.74 Å². The van der Waals surface area contributed by atoms with Crippen molar-refractivity contribution < 1.29 is 14.3 Å². The Morgan fingerprint density at radius 3 is 2.71 bits per heavy atom. The van der Waals surface area contributed by atoms with Crippen molar-refractivity contribution in [1.29, 1.82) is 0 Å². The van der Waals surface area contributed by atoms with E-state index in [-0.39, 0.29) is 17.9 Å². The van der Waals surface area contributed by atoms with Gasteiger partial charge in [-0.2, -0.15) is 0 Å². The molecule has 0 bridgehead atoms. The molecule has 2 fully saturated rings. The first kappa shape index (κ1) is 17.1. The summed E-state index contributed by atoms with van der Waals surface area (Å²) in [5.74, 6) is 2.75. The summed E-state index contributed by atoms with van der Waals surface area (Å²) in [7, 11) is 1.66. The van der Waals surface area contributed by atoms with Crippen LogP contribution in [-0.2, 0) is 9.59 Å². The Labute approximate surface area is 147 Å². The average Bonchev–Trinajstić information content (AvgIpc) is 3.30. The zero-order valence-electron chi connectivity index (χ0n) is 14.2. The van der Waals surface area contributed by atoms with E-state index >= 15 is 0 Å². The fourth-order valence-electron chi connectivity index (χ4n) is 3.42. The van der Waals surface area contributed by atoms with Crippen LogP contribution in [-0.4, -0.2) is 59.5 Å². The van der Waals surface area contributed by atoms with Gasteiger partial charge in [-0.05, 0) is 24.1 Å². The normalized spacial score (nSPS) is 23.6. The summed E-state index contributed by atoms with van der Waals surface area (Å²) in [5, 5.41) is 0. The lowest BCUT2D eigenvalue weighted by Crippen LogP contribution is -2.48. The first-order valence-corrected chi connectivity index (χ1v) is 9.59. The summed E-state index contributed by atoms with van der Waals surface area (Å²) in [6, 6.07) is 7.81. The molecule has 24 heavy (non-hydrogen) atoms. The Hall–Kier alpha value is -1.69. The molecule has 2 heterocycles. The summed E-state index contributed by atoms with van der Waals surface area (Å²) in [5.41, 5.74) is 1.24. The zero-order valence-corrected chi connectivity index (χ0v) is 15.1. The Morgan fingerprint density at radius 2 is 2.04 bits per heavy atom. The van der Waals surface area contributed by atoms with E-state index in [0.29, 0.717) is 24.0 Å². The van der Waals surface area contributed by atoms with Crippen molar-refractivity contribution in [3.63, 3.8) is 0 Å². The number of benzene rings is 1. The Kier molecular flexibility index (Phi) is 5.33. The second kappa shape index (κ2) is 7.47. The van der Waals surface area contributed by atoms with Crippen LogP contribution in [0, 0.1) is 0 Å². The van der Waals surface area contributed by atoms with Crippen molar-refractivity contribution in [2.45, 2.75) is 31.7 Å². The number of nitrogens with zero attached hydrogens (tertiary/aromatic N) is 2. The third kappa shape index (κ3) is 3.38. The summed E-state index contributed by atoms with van der Waals surface area (Å²) >= 11 is 1.67. The van der Waals surface area contributed by atoms with Crippen LogP contribution < -0.4 is 4.74 Å². The number of hydrogen-bond acceptors (Lipinski definition) is 4. The predicted molar refractivity (Wildman–Crippen MR) is 95.2 cm³/mol. The zero-order chi connectivity index (χ0) is 17.1. The topological polar surface area (TPSA) is 49.9 Å². The van der Waals surface area contributed by atoms with Gasteiger partial charge in [-0.3, -0.25) is 9.59 Å². The molecule has 0 unspecified atom stereocenters. The summed E-state index contributed by atoms with van der Waals surface area (Å²) < 4.78 is 5.20. The lowest BCUT2D eigenvalue weighted by Gasteiger charge is -2.27. The highest BCUT2D eigenvalue weighted by molar-refractivity contribution is 7.99. The number of likely N-dealkylation sites (tertiary alicyclic amines) is 1. The van der Waals surface area contributed by atoms with Crippen LogP contribution in [0.15, 0.2) is 24.3 Å². The number of thioether (sulfide) groups is 1. The second-order valence-electron chi connectivity index (χ2n) is 6.28. The van der Waals surface area contributed by atoms with Crippen LogP contribution in [0.5, 0.6) is 5.75 Å². The third-order valence-electron chi connectivity index (χ3n) is 4.88. The highest BCUT2D eigenvalue weighted by atomic mass is 32.2. The molecule has 5 nitrogen and oxygen atoms in total. The fraction of sp³-hybridized carbons (Fsp3) is 0.556. The van der Waals surface area contributed by atoms with Gasteiger partial charge in [-0.25, -0.2) is 0 Å². The summed E-state index contributed by atoms with van der Waals surface area (Å²) in [4.78, 5) is 28.6. The molecule has 0 spiro atoms. The van der Waals surface area contributed by atoms with E-state index in [1.807, 2.05) is 24.0 Å². The Morgan fingerprint density at radius 1 is 1.29 bits per heavy atom. The molecule has 0 radical (unpaired) electrons. The van der Waals surface area contributed by atoms with E-state index in [1.165, 1.54) is 5.56 Å². The molecule has 3 rings (SSSR count). The predicted octanol–water partition coefficient (Wildman–Crippen LogP) is 2.32. The van der Waals surface area contributed by atoms with Crippen molar-refractivity contribution in [3.05, 3.63) is 29.8 Å². The third-order valence-corrected chi connectivity index (χ3v) is 5.89. The number of ether oxygens (including phenoxy) is 1. The van der Waals surface area contributed by atoms with Gasteiger partial charge in [-0.15, -0.1) is 11.8 Å². The Balaban J connectivity index is 1.64. The lowest BCUT2D eigenvalue weighted by molar-refractivity contribution is -0.142.